The van der Waals surface area contributed by atoms with E-state index < -0.39 is 0 Å². The van der Waals surface area contributed by atoms with Crippen molar-refractivity contribution in [1.82, 2.24) is 4.98 Å². The normalized spacial score (nSPS) is 11.3. The second kappa shape index (κ2) is 8.12. The number of amides is 1. The minimum Gasteiger partial charge on any atom is -0.272 e. The lowest BCUT2D eigenvalue weighted by atomic mass is 10.1. The van der Waals surface area contributed by atoms with Crippen LogP contribution in [0, 0.1) is 0 Å². The van der Waals surface area contributed by atoms with Crippen molar-refractivity contribution in [2.75, 3.05) is 5.01 Å². The molecule has 0 fully saturated rings. The minimum atomic E-state index is -0.118. The van der Waals surface area contributed by atoms with Gasteiger partial charge in [-0.15, -0.1) is 11.3 Å². The molecular weight excluding hydrogens is 442 g/mol. The highest BCUT2D eigenvalue weighted by Gasteiger charge is 2.19. The fourth-order valence-electron chi connectivity index (χ4n) is 2.52. The van der Waals surface area contributed by atoms with Crippen molar-refractivity contribution in [3.05, 3.63) is 81.0 Å². The molecule has 0 bridgehead atoms. The van der Waals surface area contributed by atoms with E-state index in [-0.39, 0.29) is 12.3 Å². The fraction of sp³-hybridized carbons (Fsp3) is 0.0500. The van der Waals surface area contributed by atoms with Gasteiger partial charge < -0.3 is 0 Å². The van der Waals surface area contributed by atoms with Gasteiger partial charge in [0.25, 0.3) is 5.91 Å². The van der Waals surface area contributed by atoms with Crippen molar-refractivity contribution >= 4 is 66.1 Å². The highest BCUT2D eigenvalue weighted by Crippen LogP contribution is 2.31. The Morgan fingerprint density at radius 2 is 2.00 bits per heavy atom. The monoisotopic (exact) mass is 455 g/mol. The van der Waals surface area contributed by atoms with Gasteiger partial charge in [-0.1, -0.05) is 63.7 Å². The molecule has 1 amide bonds. The summed E-state index contributed by atoms with van der Waals surface area (Å²) in [6.45, 7) is 0. The van der Waals surface area contributed by atoms with Gasteiger partial charge in [-0.2, -0.15) is 10.1 Å². The number of fused-ring (bicyclic) bond motifs is 1. The van der Waals surface area contributed by atoms with E-state index in [2.05, 4.69) is 26.0 Å². The molecule has 0 atom stereocenters. The second-order valence-corrected chi connectivity index (χ2v) is 8.64. The predicted molar refractivity (Wildman–Crippen MR) is 117 cm³/mol. The Kier molecular flexibility index (Phi) is 5.42. The SMILES string of the molecule is O=C(Cc1ccccc1)N(/N=C/c1cccs1)c1nc2ccc(Br)cc2s1. The molecule has 7 heteroatoms. The fourth-order valence-corrected chi connectivity index (χ4v) is 4.59. The molecule has 2 aromatic carbocycles. The number of rotatable bonds is 5. The summed E-state index contributed by atoms with van der Waals surface area (Å²) in [6.07, 6.45) is 1.97. The summed E-state index contributed by atoms with van der Waals surface area (Å²) in [6, 6.07) is 19.5. The van der Waals surface area contributed by atoms with Gasteiger partial charge in [-0.3, -0.25) is 4.79 Å². The second-order valence-electron chi connectivity index (χ2n) is 5.74. The first-order valence-corrected chi connectivity index (χ1v) is 10.7. The molecule has 27 heavy (non-hydrogen) atoms. The number of benzene rings is 2. The van der Waals surface area contributed by atoms with Crippen LogP contribution < -0.4 is 5.01 Å². The number of thiophene rings is 1. The van der Waals surface area contributed by atoms with Crippen LogP contribution in [0.3, 0.4) is 0 Å². The van der Waals surface area contributed by atoms with Gasteiger partial charge in [0.1, 0.15) is 0 Å². The maximum Gasteiger partial charge on any atom is 0.253 e. The van der Waals surface area contributed by atoms with Crippen LogP contribution in [0.1, 0.15) is 10.4 Å². The predicted octanol–water partition coefficient (Wildman–Crippen LogP) is 5.73. The maximum absolute atomic E-state index is 13.0. The van der Waals surface area contributed by atoms with Gasteiger partial charge in [-0.05, 0) is 35.2 Å². The van der Waals surface area contributed by atoms with E-state index in [1.165, 1.54) is 16.3 Å². The molecule has 2 heterocycles. The third-order valence-electron chi connectivity index (χ3n) is 3.80. The van der Waals surface area contributed by atoms with Crippen molar-refractivity contribution in [3.8, 4) is 0 Å². The van der Waals surface area contributed by atoms with E-state index in [4.69, 9.17) is 0 Å². The zero-order valence-electron chi connectivity index (χ0n) is 14.1. The minimum absolute atomic E-state index is 0.118. The van der Waals surface area contributed by atoms with Crippen molar-refractivity contribution in [2.24, 2.45) is 5.10 Å². The van der Waals surface area contributed by atoms with Crippen LogP contribution in [0.15, 0.2) is 75.6 Å². The maximum atomic E-state index is 13.0. The number of hydrogen-bond donors (Lipinski definition) is 0. The molecule has 0 saturated heterocycles. The number of hydrogen-bond acceptors (Lipinski definition) is 5. The van der Waals surface area contributed by atoms with E-state index in [0.29, 0.717) is 5.13 Å². The molecule has 0 aliphatic rings. The number of anilines is 1. The summed E-state index contributed by atoms with van der Waals surface area (Å²) in [5.74, 6) is -0.118. The van der Waals surface area contributed by atoms with E-state index in [1.54, 1.807) is 17.6 Å². The first-order chi connectivity index (χ1) is 13.2. The van der Waals surface area contributed by atoms with Crippen LogP contribution in [0.25, 0.3) is 10.2 Å². The molecule has 0 aliphatic carbocycles. The van der Waals surface area contributed by atoms with Crippen LogP contribution in [-0.2, 0) is 11.2 Å². The molecule has 2 aromatic heterocycles. The number of aromatic nitrogens is 1. The van der Waals surface area contributed by atoms with Gasteiger partial charge in [0, 0.05) is 9.35 Å². The summed E-state index contributed by atoms with van der Waals surface area (Å²) in [5, 5.41) is 8.41. The van der Waals surface area contributed by atoms with Gasteiger partial charge in [0.15, 0.2) is 0 Å². The Morgan fingerprint density at radius 1 is 1.15 bits per heavy atom. The summed E-state index contributed by atoms with van der Waals surface area (Å²) >= 11 is 6.50. The van der Waals surface area contributed by atoms with Crippen LogP contribution in [-0.4, -0.2) is 17.1 Å². The number of carbonyl (C=O) groups excluding carboxylic acids is 1. The van der Waals surface area contributed by atoms with Gasteiger partial charge >= 0.3 is 0 Å². The lowest BCUT2D eigenvalue weighted by Gasteiger charge is -2.13. The lowest BCUT2D eigenvalue weighted by Crippen LogP contribution is -2.27. The summed E-state index contributed by atoms with van der Waals surface area (Å²) in [5.41, 5.74) is 1.80. The van der Waals surface area contributed by atoms with Crippen LogP contribution in [0.4, 0.5) is 5.13 Å². The van der Waals surface area contributed by atoms with Gasteiger partial charge in [-0.25, -0.2) is 4.98 Å². The summed E-state index contributed by atoms with van der Waals surface area (Å²) in [7, 11) is 0. The van der Waals surface area contributed by atoms with Crippen LogP contribution in [0.5, 0.6) is 0 Å². The smallest absolute Gasteiger partial charge is 0.253 e. The number of hydrazone groups is 1. The molecule has 0 N–H and O–H groups in total. The molecule has 4 rings (SSSR count). The lowest BCUT2D eigenvalue weighted by molar-refractivity contribution is -0.118. The van der Waals surface area contributed by atoms with Crippen LogP contribution in [0.2, 0.25) is 0 Å². The Bertz CT molecular complexity index is 1090. The van der Waals surface area contributed by atoms with Crippen molar-refractivity contribution in [1.29, 1.82) is 0 Å². The topological polar surface area (TPSA) is 45.6 Å². The van der Waals surface area contributed by atoms with Crippen molar-refractivity contribution in [2.45, 2.75) is 6.42 Å². The first kappa shape index (κ1) is 18.0. The molecule has 4 aromatic rings. The molecule has 134 valence electrons. The number of carbonyl (C=O) groups is 1. The Hall–Kier alpha value is -2.35. The Morgan fingerprint density at radius 3 is 2.78 bits per heavy atom. The summed E-state index contributed by atoms with van der Waals surface area (Å²) < 4.78 is 1.98. The first-order valence-electron chi connectivity index (χ1n) is 8.19. The Balaban J connectivity index is 1.68. The molecule has 0 saturated carbocycles. The molecule has 0 radical (unpaired) electrons. The summed E-state index contributed by atoms with van der Waals surface area (Å²) in [4.78, 5) is 18.6. The zero-order chi connectivity index (χ0) is 18.6. The third-order valence-corrected chi connectivity index (χ3v) is 6.09. The molecular formula is C20H14BrN3OS2. The standard InChI is InChI=1S/C20H14BrN3OS2/c21-15-8-9-17-18(12-15)27-20(23-17)24(22-13-16-7-4-10-26-16)19(25)11-14-5-2-1-3-6-14/h1-10,12-13H,11H2/b22-13+. The number of thiazole rings is 1. The highest BCUT2D eigenvalue weighted by molar-refractivity contribution is 9.10. The average Bonchev–Trinajstić information content (AvgIpc) is 3.32. The van der Waals surface area contributed by atoms with E-state index in [9.17, 15) is 4.79 Å². The van der Waals surface area contributed by atoms with Gasteiger partial charge in [0.05, 0.1) is 22.9 Å². The van der Waals surface area contributed by atoms with Crippen LogP contribution >= 0.6 is 38.6 Å². The van der Waals surface area contributed by atoms with Gasteiger partial charge in [0.2, 0.25) is 5.13 Å². The number of halogens is 1. The van der Waals surface area contributed by atoms with Crippen molar-refractivity contribution in [3.63, 3.8) is 0 Å². The largest absolute Gasteiger partial charge is 0.272 e. The zero-order valence-corrected chi connectivity index (χ0v) is 17.3. The van der Waals surface area contributed by atoms with E-state index in [1.807, 2.05) is 66.0 Å². The quantitative estimate of drug-likeness (QED) is 0.284. The molecule has 0 aliphatic heterocycles. The number of nitrogens with zero attached hydrogens (tertiary/aromatic N) is 3. The average molecular weight is 456 g/mol. The third kappa shape index (κ3) is 4.32. The molecule has 4 nitrogen and oxygen atoms in total. The molecule has 0 unspecified atom stereocenters. The van der Waals surface area contributed by atoms with E-state index in [0.717, 1.165) is 25.1 Å². The Labute approximate surface area is 172 Å². The highest BCUT2D eigenvalue weighted by atomic mass is 79.9. The van der Waals surface area contributed by atoms with Crippen molar-refractivity contribution < 1.29 is 4.79 Å². The van der Waals surface area contributed by atoms with E-state index >= 15 is 0 Å². The molecule has 0 spiro atoms.